The lowest BCUT2D eigenvalue weighted by Crippen LogP contribution is -2.09. The van der Waals surface area contributed by atoms with Crippen LogP contribution in [0.1, 0.15) is 0 Å². The highest BCUT2D eigenvalue weighted by Crippen LogP contribution is 2.41. The summed E-state index contributed by atoms with van der Waals surface area (Å²) in [5.74, 6) is 0. The summed E-state index contributed by atoms with van der Waals surface area (Å²) in [7, 11) is 0. The minimum Gasteiger partial charge on any atom is -0.456 e. The van der Waals surface area contributed by atoms with Crippen LogP contribution < -0.4 is 4.90 Å². The summed E-state index contributed by atoms with van der Waals surface area (Å²) in [5, 5.41) is 9.28. The Bertz CT molecular complexity index is 2790. The molecule has 0 fully saturated rings. The molecule has 0 aliphatic carbocycles. The van der Waals surface area contributed by atoms with Crippen LogP contribution in [0.25, 0.3) is 76.5 Å². The minimum atomic E-state index is 0.900. The largest absolute Gasteiger partial charge is 0.456 e. The Labute approximate surface area is 270 Å². The van der Waals surface area contributed by atoms with Crippen molar-refractivity contribution in [1.29, 1.82) is 0 Å². The van der Waals surface area contributed by atoms with Crippen molar-refractivity contribution < 1.29 is 8.83 Å². The monoisotopic (exact) mass is 601 g/mol. The predicted molar refractivity (Wildman–Crippen MR) is 196 cm³/mol. The molecule has 0 unspecified atom stereocenters. The molecule has 0 aliphatic heterocycles. The first-order valence-corrected chi connectivity index (χ1v) is 15.9. The van der Waals surface area contributed by atoms with E-state index < -0.39 is 0 Å². The second kappa shape index (κ2) is 10.1. The van der Waals surface area contributed by atoms with Gasteiger partial charge in [0.15, 0.2) is 0 Å². The van der Waals surface area contributed by atoms with Crippen LogP contribution >= 0.6 is 0 Å². The van der Waals surface area contributed by atoms with Gasteiger partial charge in [0.1, 0.15) is 22.3 Å². The number of rotatable bonds is 4. The van der Waals surface area contributed by atoms with E-state index in [1.807, 2.05) is 12.1 Å². The molecule has 0 spiro atoms. The lowest BCUT2D eigenvalue weighted by molar-refractivity contribution is 0.669. The van der Waals surface area contributed by atoms with Gasteiger partial charge in [-0.2, -0.15) is 0 Å². The molecule has 10 rings (SSSR count). The third-order valence-corrected chi connectivity index (χ3v) is 9.44. The highest BCUT2D eigenvalue weighted by molar-refractivity contribution is 6.19. The minimum absolute atomic E-state index is 0.900. The van der Waals surface area contributed by atoms with E-state index in [0.29, 0.717) is 0 Å². The molecule has 8 aromatic carbocycles. The highest BCUT2D eigenvalue weighted by atomic mass is 16.3. The average molecular weight is 602 g/mol. The number of anilines is 3. The van der Waals surface area contributed by atoms with Crippen LogP contribution in [0, 0.1) is 0 Å². The summed E-state index contributed by atoms with van der Waals surface area (Å²) in [4.78, 5) is 2.30. The topological polar surface area (TPSA) is 29.5 Å². The van der Waals surface area contributed by atoms with Gasteiger partial charge in [-0.1, -0.05) is 97.1 Å². The van der Waals surface area contributed by atoms with Crippen molar-refractivity contribution in [2.75, 3.05) is 4.90 Å². The van der Waals surface area contributed by atoms with Crippen LogP contribution in [0.3, 0.4) is 0 Å². The van der Waals surface area contributed by atoms with E-state index in [-0.39, 0.29) is 0 Å². The fourth-order valence-electron chi connectivity index (χ4n) is 7.18. The summed E-state index contributed by atoms with van der Waals surface area (Å²) < 4.78 is 12.8. The third kappa shape index (κ3) is 4.07. The molecule has 3 nitrogen and oxygen atoms in total. The zero-order chi connectivity index (χ0) is 30.9. The molecule has 10 aromatic rings. The van der Waals surface area contributed by atoms with Gasteiger partial charge in [0.25, 0.3) is 0 Å². The van der Waals surface area contributed by atoms with E-state index in [4.69, 9.17) is 8.83 Å². The van der Waals surface area contributed by atoms with Gasteiger partial charge >= 0.3 is 0 Å². The molecule has 220 valence electrons. The fourth-order valence-corrected chi connectivity index (χ4v) is 7.18. The normalized spacial score (nSPS) is 11.8. The first kappa shape index (κ1) is 26.0. The smallest absolute Gasteiger partial charge is 0.143 e. The Morgan fingerprint density at radius 2 is 1.00 bits per heavy atom. The number of para-hydroxylation sites is 2. The lowest BCUT2D eigenvalue weighted by atomic mass is 10.0. The average Bonchev–Trinajstić information content (AvgIpc) is 3.71. The molecule has 0 atom stereocenters. The van der Waals surface area contributed by atoms with E-state index in [9.17, 15) is 0 Å². The molecule has 0 bridgehead atoms. The van der Waals surface area contributed by atoms with Crippen LogP contribution in [0.15, 0.2) is 173 Å². The Kier molecular flexibility index (Phi) is 5.57. The summed E-state index contributed by atoms with van der Waals surface area (Å²) >= 11 is 0. The molecule has 0 saturated heterocycles. The van der Waals surface area contributed by atoms with Gasteiger partial charge in [-0.15, -0.1) is 0 Å². The quantitative estimate of drug-likeness (QED) is 0.201. The Balaban J connectivity index is 1.08. The van der Waals surface area contributed by atoms with E-state index in [1.54, 1.807) is 0 Å². The van der Waals surface area contributed by atoms with Crippen molar-refractivity contribution in [3.05, 3.63) is 164 Å². The van der Waals surface area contributed by atoms with E-state index in [2.05, 4.69) is 157 Å². The summed E-state index contributed by atoms with van der Waals surface area (Å²) in [6.07, 6.45) is 0. The number of fused-ring (bicyclic) bond motifs is 10. The third-order valence-electron chi connectivity index (χ3n) is 9.44. The van der Waals surface area contributed by atoms with Gasteiger partial charge in [0.05, 0.1) is 0 Å². The fraction of sp³-hybridized carbons (Fsp3) is 0. The van der Waals surface area contributed by atoms with Gasteiger partial charge in [-0.25, -0.2) is 0 Å². The molecule has 0 N–H and O–H groups in total. The standard InChI is InChI=1S/C44H27NO2/c1-2-9-32(10-3-1)45(34-22-16-30-17-23-37-36-12-6-7-13-40(36)47-44(37)39(30)27-34)33-20-14-28(15-21-33)31-18-24-38-42(26-31)46-41-25-19-29-8-4-5-11-35(29)43(38)41/h1-27H. The van der Waals surface area contributed by atoms with Crippen molar-refractivity contribution in [2.45, 2.75) is 0 Å². The first-order valence-electron chi connectivity index (χ1n) is 15.9. The second-order valence-electron chi connectivity index (χ2n) is 12.1. The van der Waals surface area contributed by atoms with E-state index in [1.165, 1.54) is 16.2 Å². The molecule has 2 heterocycles. The Morgan fingerprint density at radius 1 is 0.340 bits per heavy atom. The molecule has 0 radical (unpaired) electrons. The molecule has 0 saturated carbocycles. The molecular weight excluding hydrogens is 574 g/mol. The number of furan rings is 2. The van der Waals surface area contributed by atoms with E-state index in [0.717, 1.165) is 77.5 Å². The van der Waals surface area contributed by atoms with Gasteiger partial charge in [-0.3, -0.25) is 0 Å². The molecule has 0 amide bonds. The van der Waals surface area contributed by atoms with Crippen molar-refractivity contribution in [3.8, 4) is 11.1 Å². The molecular formula is C44H27NO2. The van der Waals surface area contributed by atoms with Crippen LogP contribution in [0.2, 0.25) is 0 Å². The summed E-state index contributed by atoms with van der Waals surface area (Å²) in [6.45, 7) is 0. The summed E-state index contributed by atoms with van der Waals surface area (Å²) in [6, 6.07) is 57.8. The maximum atomic E-state index is 6.42. The number of nitrogens with zero attached hydrogens (tertiary/aromatic N) is 1. The van der Waals surface area contributed by atoms with Crippen LogP contribution in [-0.2, 0) is 0 Å². The maximum absolute atomic E-state index is 6.42. The van der Waals surface area contributed by atoms with Crippen LogP contribution in [-0.4, -0.2) is 0 Å². The highest BCUT2D eigenvalue weighted by Gasteiger charge is 2.17. The van der Waals surface area contributed by atoms with Crippen molar-refractivity contribution in [2.24, 2.45) is 0 Å². The van der Waals surface area contributed by atoms with Gasteiger partial charge in [-0.05, 0) is 94.0 Å². The molecule has 47 heavy (non-hydrogen) atoms. The van der Waals surface area contributed by atoms with Gasteiger partial charge < -0.3 is 13.7 Å². The molecule has 3 heteroatoms. The Hall–Kier alpha value is -6.32. The van der Waals surface area contributed by atoms with Crippen molar-refractivity contribution in [1.82, 2.24) is 0 Å². The predicted octanol–water partition coefficient (Wildman–Crippen LogP) is 12.9. The van der Waals surface area contributed by atoms with Crippen molar-refractivity contribution in [3.63, 3.8) is 0 Å². The second-order valence-corrected chi connectivity index (χ2v) is 12.1. The molecule has 2 aromatic heterocycles. The summed E-state index contributed by atoms with van der Waals surface area (Å²) in [5.41, 5.74) is 9.14. The Morgan fingerprint density at radius 3 is 1.89 bits per heavy atom. The first-order chi connectivity index (χ1) is 23.3. The van der Waals surface area contributed by atoms with Gasteiger partial charge in [0, 0.05) is 44.0 Å². The lowest BCUT2D eigenvalue weighted by Gasteiger charge is -2.26. The van der Waals surface area contributed by atoms with Crippen LogP contribution in [0.4, 0.5) is 17.1 Å². The van der Waals surface area contributed by atoms with Crippen LogP contribution in [0.5, 0.6) is 0 Å². The van der Waals surface area contributed by atoms with E-state index >= 15 is 0 Å². The molecule has 0 aliphatic rings. The zero-order valence-corrected chi connectivity index (χ0v) is 25.4. The zero-order valence-electron chi connectivity index (χ0n) is 25.4. The maximum Gasteiger partial charge on any atom is 0.143 e. The number of hydrogen-bond donors (Lipinski definition) is 0. The van der Waals surface area contributed by atoms with Gasteiger partial charge in [0.2, 0.25) is 0 Å². The number of benzene rings is 8. The SMILES string of the molecule is c1ccc(N(c2ccc(-c3ccc4c(c3)oc3ccc5ccccc5c34)cc2)c2ccc3ccc4c5ccccc5oc4c3c2)cc1. The van der Waals surface area contributed by atoms with Crippen molar-refractivity contribution >= 4 is 82.5 Å². The number of hydrogen-bond acceptors (Lipinski definition) is 3.